The average Bonchev–Trinajstić information content (AvgIpc) is 2.58. The van der Waals surface area contributed by atoms with Crippen LogP contribution >= 0.6 is 0 Å². The van der Waals surface area contributed by atoms with Crippen LogP contribution in [0.1, 0.15) is 30.7 Å². The van der Waals surface area contributed by atoms with Gasteiger partial charge in [0, 0.05) is 18.0 Å². The lowest BCUT2D eigenvalue weighted by Gasteiger charge is -2.18. The van der Waals surface area contributed by atoms with Crippen molar-refractivity contribution in [2.24, 2.45) is 4.99 Å². The third kappa shape index (κ3) is 1.19. The lowest BCUT2D eigenvalue weighted by molar-refractivity contribution is -0.113. The van der Waals surface area contributed by atoms with Gasteiger partial charge >= 0.3 is 0 Å². The third-order valence-corrected chi connectivity index (χ3v) is 3.18. The van der Waals surface area contributed by atoms with Crippen molar-refractivity contribution in [1.82, 2.24) is 0 Å². The number of nitrogen functional groups attached to an aromatic ring is 1. The Morgan fingerprint density at radius 1 is 1.40 bits per heavy atom. The second-order valence-electron chi connectivity index (χ2n) is 4.18. The van der Waals surface area contributed by atoms with Crippen molar-refractivity contribution in [3.63, 3.8) is 0 Å². The van der Waals surface area contributed by atoms with E-state index in [2.05, 4.69) is 4.99 Å². The molecule has 2 N–H and O–H groups in total. The summed E-state index contributed by atoms with van der Waals surface area (Å²) in [6.07, 6.45) is 2.65. The van der Waals surface area contributed by atoms with Gasteiger partial charge in [-0.2, -0.15) is 0 Å². The number of aliphatic imine (C=N–C) groups is 1. The minimum absolute atomic E-state index is 0.209. The molecule has 0 amide bonds. The van der Waals surface area contributed by atoms with Crippen LogP contribution in [0.3, 0.4) is 0 Å². The van der Waals surface area contributed by atoms with Gasteiger partial charge < -0.3 is 5.73 Å². The number of nitrogens with zero attached hydrogens (tertiary/aromatic N) is 1. The number of hydrogen-bond donors (Lipinski definition) is 1. The first-order valence-corrected chi connectivity index (χ1v) is 5.27. The van der Waals surface area contributed by atoms with Crippen LogP contribution in [-0.4, -0.2) is 11.5 Å². The first kappa shape index (κ1) is 8.65. The molecule has 1 aliphatic carbocycles. The first-order chi connectivity index (χ1) is 7.25. The summed E-state index contributed by atoms with van der Waals surface area (Å²) < 4.78 is 0. The quantitative estimate of drug-likeness (QED) is 0.652. The van der Waals surface area contributed by atoms with Crippen molar-refractivity contribution >= 4 is 22.9 Å². The van der Waals surface area contributed by atoms with Crippen molar-refractivity contribution < 1.29 is 4.79 Å². The van der Waals surface area contributed by atoms with Crippen LogP contribution in [0.15, 0.2) is 23.2 Å². The third-order valence-electron chi connectivity index (χ3n) is 3.18. The smallest absolute Gasteiger partial charge is 0.177 e. The predicted octanol–water partition coefficient (Wildman–Crippen LogP) is 2.19. The van der Waals surface area contributed by atoms with Crippen molar-refractivity contribution in [1.29, 1.82) is 0 Å². The van der Waals surface area contributed by atoms with Gasteiger partial charge in [-0.25, -0.2) is 4.99 Å². The molecule has 1 atom stereocenters. The van der Waals surface area contributed by atoms with Gasteiger partial charge in [0.2, 0.25) is 0 Å². The number of fused-ring (bicyclic) bond motifs is 3. The van der Waals surface area contributed by atoms with E-state index in [0.29, 0.717) is 6.42 Å². The van der Waals surface area contributed by atoms with Gasteiger partial charge in [0.1, 0.15) is 0 Å². The molecular formula is C12H12N2O. The van der Waals surface area contributed by atoms with Gasteiger partial charge in [0.05, 0.1) is 11.4 Å². The summed E-state index contributed by atoms with van der Waals surface area (Å²) >= 11 is 0. The SMILES string of the molecule is Nc1ccc2c(c1)C1CCCC(=O)C1=N2. The van der Waals surface area contributed by atoms with E-state index in [-0.39, 0.29) is 11.7 Å². The molecule has 1 fully saturated rings. The van der Waals surface area contributed by atoms with Crippen LogP contribution in [0.4, 0.5) is 11.4 Å². The minimum Gasteiger partial charge on any atom is -0.399 e. The fourth-order valence-corrected chi connectivity index (χ4v) is 2.45. The Bertz CT molecular complexity index is 477. The van der Waals surface area contributed by atoms with Gasteiger partial charge in [-0.3, -0.25) is 4.79 Å². The van der Waals surface area contributed by atoms with Crippen LogP contribution in [0.2, 0.25) is 0 Å². The molecule has 2 aliphatic rings. The molecule has 0 spiro atoms. The molecule has 15 heavy (non-hydrogen) atoms. The number of hydrogen-bond acceptors (Lipinski definition) is 3. The van der Waals surface area contributed by atoms with Gasteiger partial charge in [0.25, 0.3) is 0 Å². The predicted molar refractivity (Wildman–Crippen MR) is 59.5 cm³/mol. The van der Waals surface area contributed by atoms with E-state index in [1.54, 1.807) is 0 Å². The van der Waals surface area contributed by atoms with E-state index in [0.717, 1.165) is 35.5 Å². The van der Waals surface area contributed by atoms with Gasteiger partial charge in [0.15, 0.2) is 5.78 Å². The Balaban J connectivity index is 2.13. The van der Waals surface area contributed by atoms with E-state index in [1.807, 2.05) is 18.2 Å². The van der Waals surface area contributed by atoms with Crippen LogP contribution in [-0.2, 0) is 4.79 Å². The Morgan fingerprint density at radius 3 is 3.13 bits per heavy atom. The van der Waals surface area contributed by atoms with Gasteiger partial charge in [-0.05, 0) is 36.6 Å². The molecule has 3 rings (SSSR count). The van der Waals surface area contributed by atoms with E-state index < -0.39 is 0 Å². The van der Waals surface area contributed by atoms with E-state index in [1.165, 1.54) is 0 Å². The highest BCUT2D eigenvalue weighted by atomic mass is 16.1. The molecule has 1 aromatic carbocycles. The lowest BCUT2D eigenvalue weighted by Crippen LogP contribution is -2.24. The molecule has 0 radical (unpaired) electrons. The molecule has 0 saturated heterocycles. The summed E-state index contributed by atoms with van der Waals surface area (Å²) in [6.45, 7) is 0. The fraction of sp³-hybridized carbons (Fsp3) is 0.333. The topological polar surface area (TPSA) is 55.5 Å². The van der Waals surface area contributed by atoms with Crippen LogP contribution in [0.25, 0.3) is 0 Å². The summed E-state index contributed by atoms with van der Waals surface area (Å²) in [5.41, 5.74) is 9.32. The van der Waals surface area contributed by atoms with Crippen molar-refractivity contribution in [2.45, 2.75) is 25.2 Å². The molecule has 1 saturated carbocycles. The molecule has 1 aromatic rings. The normalized spacial score (nSPS) is 23.3. The van der Waals surface area contributed by atoms with Crippen molar-refractivity contribution in [3.05, 3.63) is 23.8 Å². The number of benzene rings is 1. The second kappa shape index (κ2) is 2.92. The summed E-state index contributed by atoms with van der Waals surface area (Å²) in [5.74, 6) is 0.422. The number of nitrogens with two attached hydrogens (primary N) is 1. The molecule has 1 unspecified atom stereocenters. The monoisotopic (exact) mass is 200 g/mol. The van der Waals surface area contributed by atoms with E-state index >= 15 is 0 Å². The number of Topliss-reactive ketones (excluding diaryl/α,β-unsaturated/α-hetero) is 1. The van der Waals surface area contributed by atoms with Crippen molar-refractivity contribution in [2.75, 3.05) is 5.73 Å². The zero-order valence-electron chi connectivity index (χ0n) is 8.36. The highest BCUT2D eigenvalue weighted by Crippen LogP contribution is 2.41. The van der Waals surface area contributed by atoms with Crippen LogP contribution in [0.5, 0.6) is 0 Å². The Labute approximate surface area is 88.0 Å². The van der Waals surface area contributed by atoms with Crippen LogP contribution < -0.4 is 5.73 Å². The maximum absolute atomic E-state index is 11.7. The number of ketones is 1. The number of carbonyl (C=O) groups excluding carboxylic acids is 1. The van der Waals surface area contributed by atoms with E-state index in [9.17, 15) is 4.79 Å². The van der Waals surface area contributed by atoms with Crippen molar-refractivity contribution in [3.8, 4) is 0 Å². The molecule has 1 heterocycles. The highest BCUT2D eigenvalue weighted by Gasteiger charge is 2.34. The fourth-order valence-electron chi connectivity index (χ4n) is 2.45. The molecule has 3 nitrogen and oxygen atoms in total. The van der Waals surface area contributed by atoms with Crippen LogP contribution in [0, 0.1) is 0 Å². The summed E-state index contributed by atoms with van der Waals surface area (Å²) in [4.78, 5) is 16.1. The molecule has 3 heteroatoms. The summed E-state index contributed by atoms with van der Waals surface area (Å²) in [7, 11) is 0. The summed E-state index contributed by atoms with van der Waals surface area (Å²) in [5, 5.41) is 0. The first-order valence-electron chi connectivity index (χ1n) is 5.27. The average molecular weight is 200 g/mol. The Hall–Kier alpha value is -1.64. The maximum Gasteiger partial charge on any atom is 0.177 e. The highest BCUT2D eigenvalue weighted by molar-refractivity contribution is 6.44. The van der Waals surface area contributed by atoms with Gasteiger partial charge in [-0.1, -0.05) is 0 Å². The number of rotatable bonds is 0. The van der Waals surface area contributed by atoms with E-state index in [4.69, 9.17) is 5.73 Å². The molecule has 76 valence electrons. The molecular weight excluding hydrogens is 188 g/mol. The largest absolute Gasteiger partial charge is 0.399 e. The standard InChI is InChI=1S/C12H12N2O/c13-7-4-5-10-9(6-7)8-2-1-3-11(15)12(8)14-10/h4-6,8H,1-3,13H2. The number of carbonyl (C=O) groups is 1. The second-order valence-corrected chi connectivity index (χ2v) is 4.18. The molecule has 0 bridgehead atoms. The Kier molecular flexibility index (Phi) is 1.69. The summed E-state index contributed by atoms with van der Waals surface area (Å²) in [6, 6.07) is 5.70. The zero-order chi connectivity index (χ0) is 10.4. The van der Waals surface area contributed by atoms with Gasteiger partial charge in [-0.15, -0.1) is 0 Å². The maximum atomic E-state index is 11.7. The molecule has 1 aliphatic heterocycles. The lowest BCUT2D eigenvalue weighted by atomic mass is 9.83. The minimum atomic E-state index is 0.209. The Morgan fingerprint density at radius 2 is 2.27 bits per heavy atom. The zero-order valence-corrected chi connectivity index (χ0v) is 8.36. The molecule has 0 aromatic heterocycles. The number of anilines is 1.